The maximum Gasteiger partial charge on any atom is 0.308 e. The molecule has 2 aliphatic heterocycles. The highest BCUT2D eigenvalue weighted by Crippen LogP contribution is 2.36. The Hall–Kier alpha value is -1.89. The van der Waals surface area contributed by atoms with Gasteiger partial charge >= 0.3 is 5.97 Å². The molecule has 7 heteroatoms. The van der Waals surface area contributed by atoms with Crippen LogP contribution in [0, 0.1) is 23.7 Å². The van der Waals surface area contributed by atoms with E-state index in [0.29, 0.717) is 19.0 Å². The second-order valence-corrected chi connectivity index (χ2v) is 8.10. The first-order valence-corrected chi connectivity index (χ1v) is 10.2. The van der Waals surface area contributed by atoms with E-state index in [4.69, 9.17) is 0 Å². The number of carboxylic acid groups (broad SMARTS) is 1. The van der Waals surface area contributed by atoms with Crippen LogP contribution in [0.5, 0.6) is 0 Å². The Balaban J connectivity index is 1.46. The Bertz CT molecular complexity index is 582. The van der Waals surface area contributed by atoms with Crippen molar-refractivity contribution >= 4 is 17.8 Å². The molecule has 2 heterocycles. The number of piperidine rings is 2. The van der Waals surface area contributed by atoms with Gasteiger partial charge in [-0.15, -0.1) is 0 Å². The van der Waals surface area contributed by atoms with E-state index < -0.39 is 11.9 Å². The molecule has 2 saturated heterocycles. The molecule has 2 atom stereocenters. The predicted octanol–water partition coefficient (Wildman–Crippen LogP) is 1.01. The normalized spacial score (nSPS) is 25.3. The number of rotatable bonds is 7. The lowest BCUT2D eigenvalue weighted by Crippen LogP contribution is -2.46. The number of nitrogens with one attached hydrogen (secondary N) is 2. The quantitative estimate of drug-likeness (QED) is 0.575. The molecule has 2 amide bonds. The Labute approximate surface area is 160 Å². The highest BCUT2D eigenvalue weighted by Gasteiger charge is 2.37. The largest absolute Gasteiger partial charge is 0.481 e. The molecule has 0 aromatic heterocycles. The SMILES string of the molecule is O=C(O)C(CNC(=O)[C@@H]1CCCN(C(=O)/C=C/C2CCNCC2)C1)C1CC1. The molecule has 150 valence electrons. The summed E-state index contributed by atoms with van der Waals surface area (Å²) in [6.07, 6.45) is 9.21. The number of allylic oxidation sites excluding steroid dienone is 1. The Morgan fingerprint density at radius 2 is 1.89 bits per heavy atom. The third-order valence-electron chi connectivity index (χ3n) is 6.00. The second kappa shape index (κ2) is 9.35. The van der Waals surface area contributed by atoms with Crippen LogP contribution in [0.3, 0.4) is 0 Å². The summed E-state index contributed by atoms with van der Waals surface area (Å²) >= 11 is 0. The maximum absolute atomic E-state index is 12.5. The second-order valence-electron chi connectivity index (χ2n) is 8.10. The summed E-state index contributed by atoms with van der Waals surface area (Å²) in [5, 5.41) is 15.4. The Kier molecular flexibility index (Phi) is 6.88. The molecule has 7 nitrogen and oxygen atoms in total. The van der Waals surface area contributed by atoms with Gasteiger partial charge in [-0.25, -0.2) is 0 Å². The zero-order valence-electron chi connectivity index (χ0n) is 15.9. The molecule has 1 unspecified atom stereocenters. The van der Waals surface area contributed by atoms with Gasteiger partial charge in [-0.05, 0) is 69.5 Å². The minimum absolute atomic E-state index is 0.0209. The fourth-order valence-corrected chi connectivity index (χ4v) is 4.06. The molecule has 1 saturated carbocycles. The van der Waals surface area contributed by atoms with Gasteiger partial charge in [-0.2, -0.15) is 0 Å². The third-order valence-corrected chi connectivity index (χ3v) is 6.00. The van der Waals surface area contributed by atoms with E-state index in [1.54, 1.807) is 11.0 Å². The maximum atomic E-state index is 12.5. The molecular weight excluding hydrogens is 346 g/mol. The first-order chi connectivity index (χ1) is 13.0. The van der Waals surface area contributed by atoms with Gasteiger partial charge in [-0.3, -0.25) is 14.4 Å². The van der Waals surface area contributed by atoms with Crippen molar-refractivity contribution in [2.75, 3.05) is 32.7 Å². The topological polar surface area (TPSA) is 98.7 Å². The number of amides is 2. The van der Waals surface area contributed by atoms with Gasteiger partial charge in [0.15, 0.2) is 0 Å². The predicted molar refractivity (Wildman–Crippen MR) is 101 cm³/mol. The van der Waals surface area contributed by atoms with E-state index in [-0.39, 0.29) is 30.2 Å². The highest BCUT2D eigenvalue weighted by atomic mass is 16.4. The number of likely N-dealkylation sites (tertiary alicyclic amines) is 1. The van der Waals surface area contributed by atoms with Crippen molar-refractivity contribution in [3.63, 3.8) is 0 Å². The lowest BCUT2D eigenvalue weighted by Gasteiger charge is -2.31. The molecule has 3 fully saturated rings. The number of hydrogen-bond donors (Lipinski definition) is 3. The molecule has 0 radical (unpaired) electrons. The fraction of sp³-hybridized carbons (Fsp3) is 0.750. The van der Waals surface area contributed by atoms with E-state index in [1.165, 1.54) is 0 Å². The minimum atomic E-state index is -0.832. The van der Waals surface area contributed by atoms with Gasteiger partial charge in [0.1, 0.15) is 0 Å². The smallest absolute Gasteiger partial charge is 0.308 e. The molecule has 0 spiro atoms. The molecule has 0 bridgehead atoms. The third kappa shape index (κ3) is 5.79. The van der Waals surface area contributed by atoms with Crippen LogP contribution in [0.2, 0.25) is 0 Å². The zero-order valence-corrected chi connectivity index (χ0v) is 15.9. The van der Waals surface area contributed by atoms with Gasteiger partial charge < -0.3 is 20.6 Å². The number of carbonyl (C=O) groups excluding carboxylic acids is 2. The van der Waals surface area contributed by atoms with Gasteiger partial charge in [0.05, 0.1) is 11.8 Å². The van der Waals surface area contributed by atoms with Crippen LogP contribution in [-0.4, -0.2) is 60.5 Å². The van der Waals surface area contributed by atoms with Crippen molar-refractivity contribution in [3.8, 4) is 0 Å². The first-order valence-electron chi connectivity index (χ1n) is 10.2. The van der Waals surface area contributed by atoms with Crippen molar-refractivity contribution in [1.82, 2.24) is 15.5 Å². The zero-order chi connectivity index (χ0) is 19.2. The molecule has 3 aliphatic rings. The van der Waals surface area contributed by atoms with Crippen LogP contribution >= 0.6 is 0 Å². The minimum Gasteiger partial charge on any atom is -0.481 e. The molecule has 3 rings (SSSR count). The van der Waals surface area contributed by atoms with Crippen molar-refractivity contribution in [2.24, 2.45) is 23.7 Å². The molecular formula is C20H31N3O4. The fourth-order valence-electron chi connectivity index (χ4n) is 4.06. The van der Waals surface area contributed by atoms with Crippen LogP contribution in [0.25, 0.3) is 0 Å². The van der Waals surface area contributed by atoms with Crippen LogP contribution in [0.15, 0.2) is 12.2 Å². The van der Waals surface area contributed by atoms with Gasteiger partial charge in [-0.1, -0.05) is 6.08 Å². The van der Waals surface area contributed by atoms with Crippen molar-refractivity contribution in [1.29, 1.82) is 0 Å². The van der Waals surface area contributed by atoms with Gasteiger partial charge in [0.2, 0.25) is 11.8 Å². The van der Waals surface area contributed by atoms with Crippen molar-refractivity contribution in [3.05, 3.63) is 12.2 Å². The lowest BCUT2D eigenvalue weighted by molar-refractivity contribution is -0.142. The van der Waals surface area contributed by atoms with E-state index in [9.17, 15) is 19.5 Å². The van der Waals surface area contributed by atoms with E-state index >= 15 is 0 Å². The number of carbonyl (C=O) groups is 3. The summed E-state index contributed by atoms with van der Waals surface area (Å²) in [6, 6.07) is 0. The molecule has 0 aromatic carbocycles. The Morgan fingerprint density at radius 1 is 1.15 bits per heavy atom. The number of hydrogen-bond acceptors (Lipinski definition) is 4. The number of carboxylic acids is 1. The highest BCUT2D eigenvalue weighted by molar-refractivity contribution is 5.88. The molecule has 3 N–H and O–H groups in total. The summed E-state index contributed by atoms with van der Waals surface area (Å²) in [5.74, 6) is -1.05. The molecule has 27 heavy (non-hydrogen) atoms. The molecule has 0 aromatic rings. The average molecular weight is 377 g/mol. The summed E-state index contributed by atoms with van der Waals surface area (Å²) in [5.41, 5.74) is 0. The van der Waals surface area contributed by atoms with E-state index in [0.717, 1.165) is 51.6 Å². The van der Waals surface area contributed by atoms with Crippen LogP contribution in [0.1, 0.15) is 38.5 Å². The van der Waals surface area contributed by atoms with Crippen molar-refractivity contribution in [2.45, 2.75) is 38.5 Å². The van der Waals surface area contributed by atoms with E-state index in [2.05, 4.69) is 10.6 Å². The number of nitrogens with zero attached hydrogens (tertiary/aromatic N) is 1. The molecule has 1 aliphatic carbocycles. The van der Waals surface area contributed by atoms with E-state index in [1.807, 2.05) is 6.08 Å². The van der Waals surface area contributed by atoms with Crippen LogP contribution in [0.4, 0.5) is 0 Å². The lowest BCUT2D eigenvalue weighted by atomic mass is 9.95. The first kappa shape index (κ1) is 19.9. The monoisotopic (exact) mass is 377 g/mol. The summed E-state index contributed by atoms with van der Waals surface area (Å²) in [4.78, 5) is 38.0. The summed E-state index contributed by atoms with van der Waals surface area (Å²) < 4.78 is 0. The van der Waals surface area contributed by atoms with Crippen LogP contribution in [-0.2, 0) is 14.4 Å². The summed E-state index contributed by atoms with van der Waals surface area (Å²) in [7, 11) is 0. The van der Waals surface area contributed by atoms with Crippen LogP contribution < -0.4 is 10.6 Å². The van der Waals surface area contributed by atoms with Crippen molar-refractivity contribution < 1.29 is 19.5 Å². The Morgan fingerprint density at radius 3 is 2.56 bits per heavy atom. The standard InChI is InChI=1S/C20H31N3O4/c24-18(6-3-14-7-9-21-10-8-14)23-11-1-2-16(13-23)19(25)22-12-17(20(26)27)15-4-5-15/h3,6,14-17,21H,1-2,4-5,7-13H2,(H,22,25)(H,26,27)/b6-3+/t16-,17?/m1/s1. The van der Waals surface area contributed by atoms with Gasteiger partial charge in [0.25, 0.3) is 0 Å². The summed E-state index contributed by atoms with van der Waals surface area (Å²) in [6.45, 7) is 3.28. The average Bonchev–Trinajstić information content (AvgIpc) is 3.52. The number of aliphatic carboxylic acids is 1. The van der Waals surface area contributed by atoms with Gasteiger partial charge in [0, 0.05) is 19.6 Å².